The summed E-state index contributed by atoms with van der Waals surface area (Å²) in [4.78, 5) is 0. The smallest absolute Gasteiger partial charge is 0.124 e. The van der Waals surface area contributed by atoms with Crippen molar-refractivity contribution in [2.45, 2.75) is 38.6 Å². The number of hydrogen-bond acceptors (Lipinski definition) is 4. The first-order valence-electron chi connectivity index (χ1n) is 7.96. The van der Waals surface area contributed by atoms with Crippen molar-refractivity contribution in [2.75, 3.05) is 20.3 Å². The molecule has 2 rings (SSSR count). The molecular weight excluding hydrogens is 264 g/mol. The number of rotatable bonds is 8. The highest BCUT2D eigenvalue weighted by Gasteiger charge is 2.31. The van der Waals surface area contributed by atoms with Crippen molar-refractivity contribution in [3.63, 3.8) is 0 Å². The number of nitrogens with one attached hydrogen (secondary N) is 1. The van der Waals surface area contributed by atoms with E-state index in [-0.39, 0.29) is 6.04 Å². The molecule has 1 aromatic rings. The lowest BCUT2D eigenvalue weighted by molar-refractivity contribution is 0.145. The molecule has 0 aliphatic heterocycles. The van der Waals surface area contributed by atoms with Gasteiger partial charge in [-0.15, -0.1) is 0 Å². The van der Waals surface area contributed by atoms with Crippen LogP contribution in [0, 0.1) is 11.8 Å². The predicted molar refractivity (Wildman–Crippen MR) is 85.0 cm³/mol. The average molecular weight is 292 g/mol. The number of hydrazine groups is 1. The summed E-state index contributed by atoms with van der Waals surface area (Å²) in [5.41, 5.74) is 4.19. The lowest BCUT2D eigenvalue weighted by Crippen LogP contribution is -2.33. The molecular formula is C17H28N2O2. The van der Waals surface area contributed by atoms with Crippen LogP contribution in [0.3, 0.4) is 0 Å². The second-order valence-electron chi connectivity index (χ2n) is 5.87. The third kappa shape index (κ3) is 4.19. The van der Waals surface area contributed by atoms with Gasteiger partial charge in [0.15, 0.2) is 0 Å². The predicted octanol–water partition coefficient (Wildman–Crippen LogP) is 3.04. The van der Waals surface area contributed by atoms with Crippen LogP contribution in [-0.4, -0.2) is 20.3 Å². The summed E-state index contributed by atoms with van der Waals surface area (Å²) >= 11 is 0. The monoisotopic (exact) mass is 292 g/mol. The molecule has 4 nitrogen and oxygen atoms in total. The zero-order valence-electron chi connectivity index (χ0n) is 13.2. The Morgan fingerprint density at radius 1 is 1.29 bits per heavy atom. The summed E-state index contributed by atoms with van der Waals surface area (Å²) in [6.45, 7) is 3.43. The van der Waals surface area contributed by atoms with Gasteiger partial charge in [-0.05, 0) is 30.7 Å². The first-order valence-corrected chi connectivity index (χ1v) is 7.96. The molecule has 118 valence electrons. The van der Waals surface area contributed by atoms with Crippen molar-refractivity contribution in [1.82, 2.24) is 5.43 Å². The largest absolute Gasteiger partial charge is 0.491 e. The van der Waals surface area contributed by atoms with Crippen LogP contribution < -0.4 is 16.0 Å². The standard InChI is InChI=1S/C17H28N2O2/c1-3-13-8-9-14(12-13)17(19-18)15-6-4-5-7-16(15)21-11-10-20-2/h4-7,13-14,17,19H,3,8-12,18H2,1-2H3. The molecule has 3 N–H and O–H groups in total. The number of ether oxygens (including phenoxy) is 2. The quantitative estimate of drug-likeness (QED) is 0.439. The normalized spacial score (nSPS) is 23.2. The van der Waals surface area contributed by atoms with Gasteiger partial charge in [-0.1, -0.05) is 38.0 Å². The molecule has 0 bridgehead atoms. The van der Waals surface area contributed by atoms with Gasteiger partial charge in [-0.3, -0.25) is 11.3 Å². The van der Waals surface area contributed by atoms with Crippen LogP contribution in [0.15, 0.2) is 24.3 Å². The van der Waals surface area contributed by atoms with E-state index in [9.17, 15) is 0 Å². The molecule has 1 fully saturated rings. The Bertz CT molecular complexity index is 425. The second kappa shape index (κ2) is 8.37. The number of para-hydroxylation sites is 1. The Labute approximate surface area is 128 Å². The lowest BCUT2D eigenvalue weighted by atomic mass is 9.90. The molecule has 1 aromatic carbocycles. The molecule has 3 unspecified atom stereocenters. The molecule has 0 amide bonds. The van der Waals surface area contributed by atoms with Crippen molar-refractivity contribution in [3.05, 3.63) is 29.8 Å². The van der Waals surface area contributed by atoms with Gasteiger partial charge in [-0.25, -0.2) is 0 Å². The van der Waals surface area contributed by atoms with Crippen molar-refractivity contribution in [3.8, 4) is 5.75 Å². The van der Waals surface area contributed by atoms with Crippen LogP contribution in [0.2, 0.25) is 0 Å². The van der Waals surface area contributed by atoms with Gasteiger partial charge in [-0.2, -0.15) is 0 Å². The molecule has 4 heteroatoms. The molecule has 1 aliphatic rings. The lowest BCUT2D eigenvalue weighted by Gasteiger charge is -2.25. The molecule has 1 saturated carbocycles. The van der Waals surface area contributed by atoms with Gasteiger partial charge in [0, 0.05) is 12.7 Å². The third-order valence-corrected chi connectivity index (χ3v) is 4.61. The van der Waals surface area contributed by atoms with Crippen molar-refractivity contribution in [1.29, 1.82) is 0 Å². The summed E-state index contributed by atoms with van der Waals surface area (Å²) in [5.74, 6) is 8.21. The minimum absolute atomic E-state index is 0.167. The van der Waals surface area contributed by atoms with Gasteiger partial charge in [0.25, 0.3) is 0 Å². The van der Waals surface area contributed by atoms with Gasteiger partial charge < -0.3 is 9.47 Å². The summed E-state index contributed by atoms with van der Waals surface area (Å²) in [6.07, 6.45) is 5.06. The first kappa shape index (κ1) is 16.3. The Balaban J connectivity index is 2.10. The second-order valence-corrected chi connectivity index (χ2v) is 5.87. The highest BCUT2D eigenvalue weighted by molar-refractivity contribution is 5.36. The van der Waals surface area contributed by atoms with Crippen molar-refractivity contribution in [2.24, 2.45) is 17.7 Å². The minimum Gasteiger partial charge on any atom is -0.491 e. The van der Waals surface area contributed by atoms with E-state index in [2.05, 4.69) is 24.5 Å². The van der Waals surface area contributed by atoms with E-state index in [0.717, 1.165) is 17.2 Å². The van der Waals surface area contributed by atoms with Crippen LogP contribution in [0.25, 0.3) is 0 Å². The van der Waals surface area contributed by atoms with Crippen LogP contribution in [-0.2, 0) is 4.74 Å². The molecule has 3 atom stereocenters. The van der Waals surface area contributed by atoms with Crippen LogP contribution in [0.5, 0.6) is 5.75 Å². The van der Waals surface area contributed by atoms with Crippen molar-refractivity contribution < 1.29 is 9.47 Å². The molecule has 1 aliphatic carbocycles. The van der Waals surface area contributed by atoms with Gasteiger partial charge in [0.2, 0.25) is 0 Å². The van der Waals surface area contributed by atoms with E-state index in [1.807, 2.05) is 12.1 Å². The van der Waals surface area contributed by atoms with Gasteiger partial charge in [0.1, 0.15) is 12.4 Å². The SMILES string of the molecule is CCC1CCC(C(NN)c2ccccc2OCCOC)C1. The van der Waals surface area contributed by atoms with Crippen LogP contribution >= 0.6 is 0 Å². The Hall–Kier alpha value is -1.10. The molecule has 0 spiro atoms. The molecule has 0 radical (unpaired) electrons. The van der Waals surface area contributed by atoms with E-state index in [4.69, 9.17) is 15.3 Å². The van der Waals surface area contributed by atoms with Crippen LogP contribution in [0.1, 0.15) is 44.2 Å². The summed E-state index contributed by atoms with van der Waals surface area (Å²) in [6, 6.07) is 8.35. The number of hydrogen-bond donors (Lipinski definition) is 2. The summed E-state index contributed by atoms with van der Waals surface area (Å²) in [5, 5.41) is 0. The number of methoxy groups -OCH3 is 1. The highest BCUT2D eigenvalue weighted by atomic mass is 16.5. The fourth-order valence-corrected chi connectivity index (χ4v) is 3.37. The van der Waals surface area contributed by atoms with E-state index in [0.29, 0.717) is 19.1 Å². The zero-order valence-corrected chi connectivity index (χ0v) is 13.2. The fourth-order valence-electron chi connectivity index (χ4n) is 3.37. The minimum atomic E-state index is 0.167. The fraction of sp³-hybridized carbons (Fsp3) is 0.647. The molecule has 0 saturated heterocycles. The van der Waals surface area contributed by atoms with E-state index in [1.54, 1.807) is 7.11 Å². The van der Waals surface area contributed by atoms with E-state index >= 15 is 0 Å². The highest BCUT2D eigenvalue weighted by Crippen LogP contribution is 2.42. The average Bonchev–Trinajstić information content (AvgIpc) is 2.98. The van der Waals surface area contributed by atoms with E-state index in [1.165, 1.54) is 25.7 Å². The zero-order chi connectivity index (χ0) is 15.1. The maximum Gasteiger partial charge on any atom is 0.124 e. The Kier molecular flexibility index (Phi) is 6.49. The topological polar surface area (TPSA) is 56.5 Å². The number of nitrogens with two attached hydrogens (primary N) is 1. The third-order valence-electron chi connectivity index (χ3n) is 4.61. The number of benzene rings is 1. The maximum atomic E-state index is 5.86. The van der Waals surface area contributed by atoms with Crippen LogP contribution in [0.4, 0.5) is 0 Å². The first-order chi connectivity index (χ1) is 10.3. The summed E-state index contributed by atoms with van der Waals surface area (Å²) in [7, 11) is 1.68. The van der Waals surface area contributed by atoms with Crippen molar-refractivity contribution >= 4 is 0 Å². The van der Waals surface area contributed by atoms with Gasteiger partial charge >= 0.3 is 0 Å². The Morgan fingerprint density at radius 2 is 2.10 bits per heavy atom. The van der Waals surface area contributed by atoms with Gasteiger partial charge in [0.05, 0.1) is 12.6 Å². The molecule has 21 heavy (non-hydrogen) atoms. The molecule has 0 aromatic heterocycles. The summed E-state index contributed by atoms with van der Waals surface area (Å²) < 4.78 is 10.9. The maximum absolute atomic E-state index is 5.86. The Morgan fingerprint density at radius 3 is 2.76 bits per heavy atom. The van der Waals surface area contributed by atoms with E-state index < -0.39 is 0 Å². The molecule has 0 heterocycles.